The second-order valence-corrected chi connectivity index (χ2v) is 7.74. The number of carboxylic acids is 1. The van der Waals surface area contributed by atoms with Crippen molar-refractivity contribution in [3.05, 3.63) is 0 Å². The second kappa shape index (κ2) is 11.4. The molecule has 1 heterocycles. The summed E-state index contributed by atoms with van der Waals surface area (Å²) in [5.74, 6) is -1.80. The standard InChI is InChI=1S/C16H28N4O5S2/c1-9(16(24)25)18-13(21)11(8-26)19-14(22)12-4-3-6-20(12)15(23)10(17)5-7-27-2/h9-12,26H,3-8,17H2,1-2H3,(H,18,21)(H,19,22)(H,24,25). The Bertz CT molecular complexity index is 563. The zero-order chi connectivity index (χ0) is 20.6. The number of aliphatic carboxylic acids is 1. The predicted octanol–water partition coefficient (Wildman–Crippen LogP) is -0.938. The van der Waals surface area contributed by atoms with Crippen molar-refractivity contribution < 1.29 is 24.3 Å². The number of carbonyl (C=O) groups excluding carboxylic acids is 3. The first-order chi connectivity index (χ1) is 12.7. The number of carboxylic acid groups (broad SMARTS) is 1. The lowest BCUT2D eigenvalue weighted by molar-refractivity contribution is -0.142. The highest BCUT2D eigenvalue weighted by atomic mass is 32.2. The summed E-state index contributed by atoms with van der Waals surface area (Å²) in [5.41, 5.74) is 5.94. The number of likely N-dealkylation sites (tertiary alicyclic amines) is 1. The SMILES string of the molecule is CSCCC(N)C(=O)N1CCCC1C(=O)NC(CS)C(=O)NC(C)C(=O)O. The number of nitrogens with one attached hydrogen (secondary N) is 2. The number of amides is 3. The van der Waals surface area contributed by atoms with Gasteiger partial charge < -0.3 is 26.4 Å². The number of thioether (sulfide) groups is 1. The maximum atomic E-state index is 12.6. The molecule has 154 valence electrons. The lowest BCUT2D eigenvalue weighted by Crippen LogP contribution is -2.57. The minimum atomic E-state index is -1.18. The predicted molar refractivity (Wildman–Crippen MR) is 107 cm³/mol. The molecule has 0 aromatic heterocycles. The summed E-state index contributed by atoms with van der Waals surface area (Å²) < 4.78 is 0. The number of nitrogens with two attached hydrogens (primary N) is 1. The Morgan fingerprint density at radius 2 is 2.00 bits per heavy atom. The smallest absolute Gasteiger partial charge is 0.325 e. The molecule has 4 unspecified atom stereocenters. The third kappa shape index (κ3) is 6.89. The Morgan fingerprint density at radius 1 is 1.33 bits per heavy atom. The van der Waals surface area contributed by atoms with Gasteiger partial charge in [0.1, 0.15) is 18.1 Å². The van der Waals surface area contributed by atoms with Crippen LogP contribution in [0, 0.1) is 0 Å². The molecular weight excluding hydrogens is 392 g/mol. The van der Waals surface area contributed by atoms with E-state index in [0.717, 1.165) is 5.75 Å². The summed E-state index contributed by atoms with van der Waals surface area (Å²) in [5, 5.41) is 13.7. The van der Waals surface area contributed by atoms with Gasteiger partial charge in [0, 0.05) is 12.3 Å². The average molecular weight is 421 g/mol. The van der Waals surface area contributed by atoms with Crippen molar-refractivity contribution >= 4 is 48.1 Å². The molecule has 0 radical (unpaired) electrons. The lowest BCUT2D eigenvalue weighted by Gasteiger charge is -2.28. The van der Waals surface area contributed by atoms with Crippen molar-refractivity contribution in [3.8, 4) is 0 Å². The summed E-state index contributed by atoms with van der Waals surface area (Å²) in [6, 6.07) is -3.43. The zero-order valence-electron chi connectivity index (χ0n) is 15.5. The first kappa shape index (κ1) is 23.6. The van der Waals surface area contributed by atoms with E-state index < -0.39 is 42.0 Å². The number of hydrogen-bond donors (Lipinski definition) is 5. The fraction of sp³-hybridized carbons (Fsp3) is 0.750. The highest BCUT2D eigenvalue weighted by molar-refractivity contribution is 7.98. The topological polar surface area (TPSA) is 142 Å². The van der Waals surface area contributed by atoms with Crippen LogP contribution in [0.1, 0.15) is 26.2 Å². The van der Waals surface area contributed by atoms with Crippen LogP contribution in [0.15, 0.2) is 0 Å². The highest BCUT2D eigenvalue weighted by Gasteiger charge is 2.37. The molecule has 27 heavy (non-hydrogen) atoms. The van der Waals surface area contributed by atoms with Crippen LogP contribution in [-0.2, 0) is 19.2 Å². The fourth-order valence-electron chi connectivity index (χ4n) is 2.72. The molecule has 5 N–H and O–H groups in total. The van der Waals surface area contributed by atoms with Crippen LogP contribution in [0.4, 0.5) is 0 Å². The summed E-state index contributed by atoms with van der Waals surface area (Å²) in [4.78, 5) is 49.6. The van der Waals surface area contributed by atoms with E-state index in [0.29, 0.717) is 25.8 Å². The third-order valence-corrected chi connectivity index (χ3v) is 5.34. The van der Waals surface area contributed by atoms with E-state index in [4.69, 9.17) is 10.8 Å². The molecule has 1 saturated heterocycles. The van der Waals surface area contributed by atoms with E-state index in [1.54, 1.807) is 11.8 Å². The Hall–Kier alpha value is -1.46. The molecule has 3 amide bonds. The van der Waals surface area contributed by atoms with Gasteiger partial charge in [-0.1, -0.05) is 0 Å². The number of nitrogens with zero attached hydrogens (tertiary/aromatic N) is 1. The van der Waals surface area contributed by atoms with Crippen molar-refractivity contribution in [2.75, 3.05) is 24.3 Å². The van der Waals surface area contributed by atoms with Gasteiger partial charge in [-0.3, -0.25) is 19.2 Å². The maximum Gasteiger partial charge on any atom is 0.325 e. The molecular formula is C16H28N4O5S2. The van der Waals surface area contributed by atoms with Crippen LogP contribution in [0.25, 0.3) is 0 Å². The molecule has 0 aromatic rings. The summed E-state index contributed by atoms with van der Waals surface area (Å²) in [6.07, 6.45) is 3.61. The Labute approximate surface area is 168 Å². The van der Waals surface area contributed by atoms with Crippen molar-refractivity contribution in [2.45, 2.75) is 50.4 Å². The van der Waals surface area contributed by atoms with Gasteiger partial charge in [0.2, 0.25) is 17.7 Å². The van der Waals surface area contributed by atoms with Crippen molar-refractivity contribution in [1.29, 1.82) is 0 Å². The first-order valence-corrected chi connectivity index (χ1v) is 10.7. The minimum absolute atomic E-state index is 0.00217. The van der Waals surface area contributed by atoms with Crippen LogP contribution in [-0.4, -0.2) is 82.2 Å². The van der Waals surface area contributed by atoms with Gasteiger partial charge in [-0.15, -0.1) is 0 Å². The van der Waals surface area contributed by atoms with Crippen molar-refractivity contribution in [3.63, 3.8) is 0 Å². The monoisotopic (exact) mass is 420 g/mol. The summed E-state index contributed by atoms with van der Waals surface area (Å²) in [6.45, 7) is 1.77. The van der Waals surface area contributed by atoms with Gasteiger partial charge in [-0.05, 0) is 38.2 Å². The van der Waals surface area contributed by atoms with Gasteiger partial charge in [0.15, 0.2) is 0 Å². The Morgan fingerprint density at radius 3 is 2.56 bits per heavy atom. The zero-order valence-corrected chi connectivity index (χ0v) is 17.2. The van der Waals surface area contributed by atoms with E-state index in [1.165, 1.54) is 11.8 Å². The van der Waals surface area contributed by atoms with Gasteiger partial charge in [-0.2, -0.15) is 24.4 Å². The minimum Gasteiger partial charge on any atom is -0.480 e. The van der Waals surface area contributed by atoms with Gasteiger partial charge in [0.05, 0.1) is 6.04 Å². The van der Waals surface area contributed by atoms with Gasteiger partial charge >= 0.3 is 5.97 Å². The maximum absolute atomic E-state index is 12.6. The Kier molecular flexibility index (Phi) is 9.95. The molecule has 1 aliphatic rings. The normalized spacial score (nSPS) is 19.9. The van der Waals surface area contributed by atoms with Crippen LogP contribution < -0.4 is 16.4 Å². The number of rotatable bonds is 10. The average Bonchev–Trinajstić information content (AvgIpc) is 3.12. The molecule has 1 aliphatic heterocycles. The molecule has 0 bridgehead atoms. The molecule has 9 nitrogen and oxygen atoms in total. The summed E-state index contributed by atoms with van der Waals surface area (Å²) in [7, 11) is 0. The molecule has 4 atom stereocenters. The van der Waals surface area contributed by atoms with Crippen LogP contribution in [0.5, 0.6) is 0 Å². The van der Waals surface area contributed by atoms with Gasteiger partial charge in [-0.25, -0.2) is 0 Å². The van der Waals surface area contributed by atoms with Gasteiger partial charge in [0.25, 0.3) is 0 Å². The number of hydrogen-bond acceptors (Lipinski definition) is 7. The van der Waals surface area contributed by atoms with E-state index in [2.05, 4.69) is 23.3 Å². The van der Waals surface area contributed by atoms with E-state index >= 15 is 0 Å². The lowest BCUT2D eigenvalue weighted by atomic mass is 10.1. The quantitative estimate of drug-likeness (QED) is 0.287. The van der Waals surface area contributed by atoms with Crippen LogP contribution in [0.2, 0.25) is 0 Å². The molecule has 0 aromatic carbocycles. The molecule has 11 heteroatoms. The Balaban J connectivity index is 2.71. The number of carbonyl (C=O) groups is 4. The molecule has 0 aliphatic carbocycles. The van der Waals surface area contributed by atoms with Crippen molar-refractivity contribution in [2.24, 2.45) is 5.73 Å². The van der Waals surface area contributed by atoms with Crippen molar-refractivity contribution in [1.82, 2.24) is 15.5 Å². The molecule has 1 rings (SSSR count). The first-order valence-electron chi connectivity index (χ1n) is 8.72. The summed E-state index contributed by atoms with van der Waals surface area (Å²) >= 11 is 5.65. The van der Waals surface area contributed by atoms with Crippen LogP contribution >= 0.6 is 24.4 Å². The third-order valence-electron chi connectivity index (χ3n) is 4.33. The second-order valence-electron chi connectivity index (χ2n) is 6.39. The molecule has 1 fully saturated rings. The molecule has 0 saturated carbocycles. The fourth-order valence-corrected chi connectivity index (χ4v) is 3.47. The van der Waals surface area contributed by atoms with Crippen LogP contribution in [0.3, 0.4) is 0 Å². The largest absolute Gasteiger partial charge is 0.480 e. The number of thiol groups is 1. The van der Waals surface area contributed by atoms with E-state index in [9.17, 15) is 19.2 Å². The molecule has 0 spiro atoms. The van der Waals surface area contributed by atoms with E-state index in [1.807, 2.05) is 6.26 Å². The van der Waals surface area contributed by atoms with E-state index in [-0.39, 0.29) is 11.7 Å². The highest BCUT2D eigenvalue weighted by Crippen LogP contribution is 2.19.